The second kappa shape index (κ2) is 5.48. The summed E-state index contributed by atoms with van der Waals surface area (Å²) in [5.74, 6) is 1.11. The summed E-state index contributed by atoms with van der Waals surface area (Å²) < 4.78 is 5.69. The van der Waals surface area contributed by atoms with Crippen LogP contribution in [-0.2, 0) is 0 Å². The quantitative estimate of drug-likeness (QED) is 0.904. The van der Waals surface area contributed by atoms with Gasteiger partial charge in [0.05, 0.1) is 12.1 Å². The molecule has 1 aromatic heterocycles. The highest BCUT2D eigenvalue weighted by atomic mass is 16.5. The molecule has 1 heterocycles. The third kappa shape index (κ3) is 2.66. The van der Waals surface area contributed by atoms with Crippen LogP contribution >= 0.6 is 0 Å². The molecule has 100 valence electrons. The topological polar surface area (TPSA) is 73.9 Å². The Morgan fingerprint density at radius 1 is 1.11 bits per heavy atom. The molecular weight excluding hydrogens is 240 g/mol. The highest BCUT2D eigenvalue weighted by Gasteiger charge is 2.26. The van der Waals surface area contributed by atoms with E-state index in [1.165, 1.54) is 19.3 Å². The van der Waals surface area contributed by atoms with E-state index in [0.717, 1.165) is 17.6 Å². The molecular formula is C14H18N4O. The zero-order valence-corrected chi connectivity index (χ0v) is 10.8. The fraction of sp³-hybridized carbons (Fsp3) is 0.500. The molecule has 0 aliphatic heterocycles. The lowest BCUT2D eigenvalue weighted by molar-refractivity contribution is 0.202. The normalized spacial score (nSPS) is 22.8. The lowest BCUT2D eigenvalue weighted by Crippen LogP contribution is -2.23. The van der Waals surface area contributed by atoms with Crippen molar-refractivity contribution < 1.29 is 4.74 Å². The molecule has 5 heteroatoms. The predicted molar refractivity (Wildman–Crippen MR) is 72.7 cm³/mol. The van der Waals surface area contributed by atoms with Crippen LogP contribution in [0.1, 0.15) is 19.3 Å². The Balaban J connectivity index is 1.68. The molecule has 1 aliphatic rings. The summed E-state index contributed by atoms with van der Waals surface area (Å²) in [6.45, 7) is 1.38. The number of fused-ring (bicyclic) bond motifs is 1. The van der Waals surface area contributed by atoms with Gasteiger partial charge in [0, 0.05) is 0 Å². The molecule has 2 aromatic rings. The third-order valence-electron chi connectivity index (χ3n) is 3.89. The number of ether oxygens (including phenoxy) is 1. The van der Waals surface area contributed by atoms with E-state index < -0.39 is 0 Å². The van der Waals surface area contributed by atoms with Crippen LogP contribution in [0.25, 0.3) is 11.0 Å². The third-order valence-corrected chi connectivity index (χ3v) is 3.89. The average Bonchev–Trinajstić information content (AvgIpc) is 2.92. The molecule has 5 nitrogen and oxygen atoms in total. The summed E-state index contributed by atoms with van der Waals surface area (Å²) in [6.07, 6.45) is 3.64. The van der Waals surface area contributed by atoms with Gasteiger partial charge in [-0.3, -0.25) is 0 Å². The Hall–Kier alpha value is -1.75. The van der Waals surface area contributed by atoms with Crippen molar-refractivity contribution in [1.82, 2.24) is 15.2 Å². The van der Waals surface area contributed by atoms with Gasteiger partial charge in [-0.15, -0.1) is 5.10 Å². The first-order valence-electron chi connectivity index (χ1n) is 6.79. The zero-order chi connectivity index (χ0) is 13.1. The van der Waals surface area contributed by atoms with Gasteiger partial charge in [-0.1, -0.05) is 23.7 Å². The van der Waals surface area contributed by atoms with Crippen LogP contribution in [0, 0.1) is 11.8 Å². The summed E-state index contributed by atoms with van der Waals surface area (Å²) in [5.41, 5.74) is 7.37. The predicted octanol–water partition coefficient (Wildman–Crippen LogP) is 1.78. The van der Waals surface area contributed by atoms with Crippen LogP contribution in [-0.4, -0.2) is 28.3 Å². The Bertz CT molecular complexity index is 560. The smallest absolute Gasteiger partial charge is 0.336 e. The SMILES string of the molecule is NCC1CCCC1COc1nnc2ccccc2n1. The molecule has 2 unspecified atom stereocenters. The molecule has 0 spiro atoms. The van der Waals surface area contributed by atoms with Crippen molar-refractivity contribution in [2.24, 2.45) is 17.6 Å². The summed E-state index contributed by atoms with van der Waals surface area (Å²) in [7, 11) is 0. The fourth-order valence-electron chi connectivity index (χ4n) is 2.75. The van der Waals surface area contributed by atoms with Crippen molar-refractivity contribution in [2.75, 3.05) is 13.2 Å². The van der Waals surface area contributed by atoms with Gasteiger partial charge < -0.3 is 10.5 Å². The first-order valence-corrected chi connectivity index (χ1v) is 6.79. The van der Waals surface area contributed by atoms with E-state index in [1.54, 1.807) is 0 Å². The first-order chi connectivity index (χ1) is 9.36. The molecule has 0 radical (unpaired) electrons. The Morgan fingerprint density at radius 2 is 1.89 bits per heavy atom. The number of nitrogens with two attached hydrogens (primary N) is 1. The number of benzene rings is 1. The monoisotopic (exact) mass is 258 g/mol. The summed E-state index contributed by atoms with van der Waals surface area (Å²) >= 11 is 0. The van der Waals surface area contributed by atoms with Crippen molar-refractivity contribution >= 4 is 11.0 Å². The van der Waals surface area contributed by atoms with Gasteiger partial charge in [0.25, 0.3) is 0 Å². The Labute approximate surface area is 112 Å². The second-order valence-corrected chi connectivity index (χ2v) is 5.08. The number of nitrogens with zero attached hydrogens (tertiary/aromatic N) is 3. The molecule has 3 rings (SSSR count). The van der Waals surface area contributed by atoms with Crippen LogP contribution < -0.4 is 10.5 Å². The van der Waals surface area contributed by atoms with Gasteiger partial charge in [0.1, 0.15) is 5.52 Å². The second-order valence-electron chi connectivity index (χ2n) is 5.08. The molecule has 0 saturated heterocycles. The van der Waals surface area contributed by atoms with Gasteiger partial charge >= 0.3 is 6.01 Å². The molecule has 1 aliphatic carbocycles. The molecule has 1 aromatic carbocycles. The lowest BCUT2D eigenvalue weighted by Gasteiger charge is -2.17. The molecule has 19 heavy (non-hydrogen) atoms. The number of aromatic nitrogens is 3. The fourth-order valence-corrected chi connectivity index (χ4v) is 2.75. The molecule has 0 bridgehead atoms. The maximum Gasteiger partial charge on any atom is 0.336 e. The maximum atomic E-state index is 5.77. The summed E-state index contributed by atoms with van der Waals surface area (Å²) in [6, 6.07) is 8.02. The minimum absolute atomic E-state index is 0.362. The van der Waals surface area contributed by atoms with Crippen molar-refractivity contribution in [2.45, 2.75) is 19.3 Å². The first kappa shape index (κ1) is 12.3. The molecule has 1 saturated carbocycles. The Kier molecular flexibility index (Phi) is 3.55. The number of hydrogen-bond acceptors (Lipinski definition) is 5. The van der Waals surface area contributed by atoms with Crippen LogP contribution in [0.15, 0.2) is 24.3 Å². The van der Waals surface area contributed by atoms with Crippen molar-refractivity contribution in [1.29, 1.82) is 0 Å². The Morgan fingerprint density at radius 3 is 2.74 bits per heavy atom. The van der Waals surface area contributed by atoms with E-state index in [0.29, 0.717) is 24.5 Å². The maximum absolute atomic E-state index is 5.77. The van der Waals surface area contributed by atoms with Crippen LogP contribution in [0.2, 0.25) is 0 Å². The van der Waals surface area contributed by atoms with Gasteiger partial charge in [0.15, 0.2) is 0 Å². The van der Waals surface area contributed by atoms with Gasteiger partial charge in [0.2, 0.25) is 0 Å². The van der Waals surface area contributed by atoms with Crippen molar-refractivity contribution in [3.05, 3.63) is 24.3 Å². The van der Waals surface area contributed by atoms with E-state index in [-0.39, 0.29) is 0 Å². The number of para-hydroxylation sites is 1. The van der Waals surface area contributed by atoms with Gasteiger partial charge in [-0.25, -0.2) is 0 Å². The van der Waals surface area contributed by atoms with E-state index in [9.17, 15) is 0 Å². The standard InChI is InChI=1S/C14H18N4O/c15-8-10-4-3-5-11(10)9-19-14-16-12-6-1-2-7-13(12)17-18-14/h1-2,6-7,10-11H,3-5,8-9,15H2. The number of rotatable bonds is 4. The zero-order valence-electron chi connectivity index (χ0n) is 10.8. The molecule has 2 N–H and O–H groups in total. The largest absolute Gasteiger partial charge is 0.462 e. The van der Waals surface area contributed by atoms with Gasteiger partial charge in [-0.05, 0) is 43.4 Å². The molecule has 0 amide bonds. The lowest BCUT2D eigenvalue weighted by atomic mass is 9.97. The van der Waals surface area contributed by atoms with Crippen molar-refractivity contribution in [3.8, 4) is 6.01 Å². The number of hydrogen-bond donors (Lipinski definition) is 1. The molecule has 2 atom stereocenters. The minimum Gasteiger partial charge on any atom is -0.462 e. The highest BCUT2D eigenvalue weighted by molar-refractivity contribution is 5.73. The minimum atomic E-state index is 0.362. The molecule has 1 fully saturated rings. The van der Waals surface area contributed by atoms with Gasteiger partial charge in [-0.2, -0.15) is 4.98 Å². The van der Waals surface area contributed by atoms with E-state index in [1.807, 2.05) is 24.3 Å². The van der Waals surface area contributed by atoms with Crippen LogP contribution in [0.3, 0.4) is 0 Å². The highest BCUT2D eigenvalue weighted by Crippen LogP contribution is 2.31. The van der Waals surface area contributed by atoms with E-state index >= 15 is 0 Å². The van der Waals surface area contributed by atoms with E-state index in [4.69, 9.17) is 10.5 Å². The summed E-state index contributed by atoms with van der Waals surface area (Å²) in [5, 5.41) is 8.11. The van der Waals surface area contributed by atoms with Crippen LogP contribution in [0.5, 0.6) is 6.01 Å². The van der Waals surface area contributed by atoms with Crippen LogP contribution in [0.4, 0.5) is 0 Å². The van der Waals surface area contributed by atoms with E-state index in [2.05, 4.69) is 15.2 Å². The average molecular weight is 258 g/mol. The van der Waals surface area contributed by atoms with Crippen molar-refractivity contribution in [3.63, 3.8) is 0 Å². The summed E-state index contributed by atoms with van der Waals surface area (Å²) in [4.78, 5) is 4.36.